The van der Waals surface area contributed by atoms with Gasteiger partial charge < -0.3 is 5.32 Å². The first-order valence-electron chi connectivity index (χ1n) is 10.1. The van der Waals surface area contributed by atoms with E-state index in [4.69, 9.17) is 11.6 Å². The molecule has 5 nitrogen and oxygen atoms in total. The van der Waals surface area contributed by atoms with Crippen LogP contribution in [0.4, 0.5) is 5.69 Å². The van der Waals surface area contributed by atoms with Crippen molar-refractivity contribution < 1.29 is 13.2 Å². The Hall–Kier alpha value is -1.89. The third-order valence-electron chi connectivity index (χ3n) is 5.36. The molecule has 1 fully saturated rings. The summed E-state index contributed by atoms with van der Waals surface area (Å²) >= 11 is 6.22. The van der Waals surface area contributed by atoms with Crippen LogP contribution in [0.5, 0.6) is 0 Å². The number of nitrogens with zero attached hydrogens (tertiary/aromatic N) is 1. The molecule has 0 aliphatic carbocycles. The Morgan fingerprint density at radius 1 is 1.03 bits per heavy atom. The van der Waals surface area contributed by atoms with Gasteiger partial charge in [-0.3, -0.25) is 4.79 Å². The molecule has 1 amide bonds. The van der Waals surface area contributed by atoms with Gasteiger partial charge in [-0.05, 0) is 55.0 Å². The average molecular weight is 435 g/mol. The van der Waals surface area contributed by atoms with Gasteiger partial charge in [0.2, 0.25) is 10.0 Å². The smallest absolute Gasteiger partial charge is 0.255 e. The van der Waals surface area contributed by atoms with Crippen molar-refractivity contribution in [2.45, 2.75) is 50.8 Å². The molecule has 1 aliphatic rings. The minimum atomic E-state index is -3.73. The summed E-state index contributed by atoms with van der Waals surface area (Å²) in [5.41, 5.74) is 3.18. The van der Waals surface area contributed by atoms with Crippen LogP contribution in [0.25, 0.3) is 0 Å². The molecule has 2 aromatic rings. The quantitative estimate of drug-likeness (QED) is 0.703. The van der Waals surface area contributed by atoms with Crippen LogP contribution in [0, 0.1) is 0 Å². The lowest BCUT2D eigenvalue weighted by Gasteiger charge is -2.26. The number of aryl methyl sites for hydroxylation is 2. The minimum Gasteiger partial charge on any atom is -0.321 e. The van der Waals surface area contributed by atoms with Gasteiger partial charge in [-0.2, -0.15) is 4.31 Å². The van der Waals surface area contributed by atoms with E-state index in [0.29, 0.717) is 13.1 Å². The van der Waals surface area contributed by atoms with E-state index in [-0.39, 0.29) is 21.4 Å². The lowest BCUT2D eigenvalue weighted by Crippen LogP contribution is -2.35. The van der Waals surface area contributed by atoms with E-state index in [0.717, 1.165) is 48.9 Å². The molecule has 2 aromatic carbocycles. The molecule has 0 bridgehead atoms. The summed E-state index contributed by atoms with van der Waals surface area (Å²) in [6.45, 7) is 5.05. The number of para-hydroxylation sites is 1. The molecule has 29 heavy (non-hydrogen) atoms. The van der Waals surface area contributed by atoms with Crippen LogP contribution < -0.4 is 5.32 Å². The van der Waals surface area contributed by atoms with E-state index >= 15 is 0 Å². The zero-order valence-corrected chi connectivity index (χ0v) is 18.4. The van der Waals surface area contributed by atoms with Gasteiger partial charge in [0.15, 0.2) is 0 Å². The summed E-state index contributed by atoms with van der Waals surface area (Å²) in [6, 6.07) is 10.4. The highest BCUT2D eigenvalue weighted by Crippen LogP contribution is 2.29. The topological polar surface area (TPSA) is 66.5 Å². The zero-order chi connectivity index (χ0) is 21.0. The number of rotatable bonds is 6. The highest BCUT2D eigenvalue weighted by atomic mass is 35.5. The zero-order valence-electron chi connectivity index (χ0n) is 16.9. The van der Waals surface area contributed by atoms with E-state index in [9.17, 15) is 13.2 Å². The Morgan fingerprint density at radius 3 is 2.24 bits per heavy atom. The molecule has 0 unspecified atom stereocenters. The fraction of sp³-hybridized carbons (Fsp3) is 0.409. The first-order chi connectivity index (χ1) is 13.9. The Bertz CT molecular complexity index is 977. The molecule has 1 saturated heterocycles. The second-order valence-electron chi connectivity index (χ2n) is 7.22. The van der Waals surface area contributed by atoms with Crippen LogP contribution >= 0.6 is 11.6 Å². The number of halogens is 1. The van der Waals surface area contributed by atoms with E-state index in [1.54, 1.807) is 6.07 Å². The Labute approximate surface area is 178 Å². The summed E-state index contributed by atoms with van der Waals surface area (Å²) in [6.07, 6.45) is 4.28. The highest BCUT2D eigenvalue weighted by molar-refractivity contribution is 7.89. The third-order valence-corrected chi connectivity index (χ3v) is 7.74. The van der Waals surface area contributed by atoms with E-state index in [1.165, 1.54) is 16.4 Å². The lowest BCUT2D eigenvalue weighted by atomic mass is 10.0. The number of amides is 1. The number of piperidine rings is 1. The monoisotopic (exact) mass is 434 g/mol. The maximum absolute atomic E-state index is 13.1. The molecule has 0 spiro atoms. The van der Waals surface area contributed by atoms with Gasteiger partial charge in [0.05, 0.1) is 5.02 Å². The fourth-order valence-corrected chi connectivity index (χ4v) is 5.69. The molecule has 1 N–H and O–H groups in total. The maximum atomic E-state index is 13.1. The summed E-state index contributed by atoms with van der Waals surface area (Å²) in [5.74, 6) is -0.340. The second kappa shape index (κ2) is 9.28. The molecular formula is C22H27ClN2O3S. The Balaban J connectivity index is 1.93. The predicted octanol–water partition coefficient (Wildman–Crippen LogP) is 4.89. The molecule has 0 atom stereocenters. The molecule has 1 aliphatic heterocycles. The molecule has 0 radical (unpaired) electrons. The van der Waals surface area contributed by atoms with Gasteiger partial charge in [0, 0.05) is 24.3 Å². The lowest BCUT2D eigenvalue weighted by molar-refractivity contribution is 0.102. The van der Waals surface area contributed by atoms with E-state index < -0.39 is 10.0 Å². The standard InChI is InChI=1S/C22H27ClN2O3S/c1-3-16-9-8-10-17(4-2)21(16)24-22(26)18-11-12-19(23)20(15-18)29(27,28)25-13-6-5-7-14-25/h8-12,15H,3-7,13-14H2,1-2H3,(H,24,26). The van der Waals surface area contributed by atoms with Crippen LogP contribution in [0.3, 0.4) is 0 Å². The molecule has 0 saturated carbocycles. The summed E-state index contributed by atoms with van der Waals surface area (Å²) in [5, 5.41) is 3.12. The predicted molar refractivity (Wildman–Crippen MR) is 117 cm³/mol. The van der Waals surface area contributed by atoms with Crippen LogP contribution in [0.15, 0.2) is 41.3 Å². The van der Waals surface area contributed by atoms with Gasteiger partial charge in [-0.25, -0.2) is 8.42 Å². The number of carbonyl (C=O) groups excluding carboxylic acids is 1. The van der Waals surface area contributed by atoms with E-state index in [1.807, 2.05) is 32.0 Å². The minimum absolute atomic E-state index is 0.00629. The molecular weight excluding hydrogens is 408 g/mol. The van der Waals surface area contributed by atoms with Crippen LogP contribution in [0.2, 0.25) is 5.02 Å². The van der Waals surface area contributed by atoms with Crippen molar-refractivity contribution in [3.05, 3.63) is 58.1 Å². The van der Waals surface area contributed by atoms with Crippen molar-refractivity contribution in [2.75, 3.05) is 18.4 Å². The number of benzene rings is 2. The van der Waals surface area contributed by atoms with Gasteiger partial charge >= 0.3 is 0 Å². The molecule has 156 valence electrons. The number of hydrogen-bond donors (Lipinski definition) is 1. The molecule has 0 aromatic heterocycles. The third kappa shape index (κ3) is 4.65. The maximum Gasteiger partial charge on any atom is 0.255 e. The second-order valence-corrected chi connectivity index (χ2v) is 9.54. The van der Waals surface area contributed by atoms with Gasteiger partial charge in [-0.15, -0.1) is 0 Å². The number of hydrogen-bond acceptors (Lipinski definition) is 3. The van der Waals surface area contributed by atoms with Gasteiger partial charge in [-0.1, -0.05) is 50.1 Å². The van der Waals surface area contributed by atoms with Crippen LogP contribution in [-0.2, 0) is 22.9 Å². The van der Waals surface area contributed by atoms with E-state index in [2.05, 4.69) is 5.32 Å². The summed E-state index contributed by atoms with van der Waals surface area (Å²) in [4.78, 5) is 12.9. The first-order valence-corrected chi connectivity index (χ1v) is 11.9. The fourth-order valence-electron chi connectivity index (χ4n) is 3.68. The number of carbonyl (C=O) groups is 1. The van der Waals surface area contributed by atoms with Crippen molar-refractivity contribution in [1.29, 1.82) is 0 Å². The van der Waals surface area contributed by atoms with Gasteiger partial charge in [0.1, 0.15) is 4.90 Å². The van der Waals surface area contributed by atoms with Crippen molar-refractivity contribution in [1.82, 2.24) is 4.31 Å². The number of anilines is 1. The van der Waals surface area contributed by atoms with Gasteiger partial charge in [0.25, 0.3) is 5.91 Å². The average Bonchev–Trinajstić information content (AvgIpc) is 2.74. The van der Waals surface area contributed by atoms with Crippen molar-refractivity contribution in [2.24, 2.45) is 0 Å². The van der Waals surface area contributed by atoms with Crippen molar-refractivity contribution in [3.8, 4) is 0 Å². The molecule has 3 rings (SSSR count). The van der Waals surface area contributed by atoms with Crippen LogP contribution in [0.1, 0.15) is 54.6 Å². The molecule has 1 heterocycles. The molecule has 7 heteroatoms. The highest BCUT2D eigenvalue weighted by Gasteiger charge is 2.29. The normalized spacial score (nSPS) is 15.3. The first kappa shape index (κ1) is 21.8. The van der Waals surface area contributed by atoms with Crippen LogP contribution in [-0.4, -0.2) is 31.7 Å². The summed E-state index contributed by atoms with van der Waals surface area (Å²) < 4.78 is 27.6. The number of nitrogens with one attached hydrogen (secondary N) is 1. The Morgan fingerprint density at radius 2 is 1.66 bits per heavy atom. The Kier molecular flexibility index (Phi) is 6.98. The SMILES string of the molecule is CCc1cccc(CC)c1NC(=O)c1ccc(Cl)c(S(=O)(=O)N2CCCCC2)c1. The summed E-state index contributed by atoms with van der Waals surface area (Å²) in [7, 11) is -3.73. The number of sulfonamides is 1. The largest absolute Gasteiger partial charge is 0.321 e. The van der Waals surface area contributed by atoms with Crippen molar-refractivity contribution >= 4 is 33.2 Å². The van der Waals surface area contributed by atoms with Crippen molar-refractivity contribution in [3.63, 3.8) is 0 Å².